The number of aryl methyl sites for hydroxylation is 1. The molecule has 0 saturated heterocycles. The number of carbonyl (C=O) groups is 2. The SMILES string of the molecule is CCOC(=O)C(=N)NC(=O)c1cc(C)ccc1[N+](=O)[O-]. The van der Waals surface area contributed by atoms with Crippen LogP contribution in [0.2, 0.25) is 0 Å². The third kappa shape index (κ3) is 3.61. The number of ether oxygens (including phenoxy) is 1. The van der Waals surface area contributed by atoms with E-state index in [0.29, 0.717) is 5.56 Å². The average Bonchev–Trinajstić information content (AvgIpc) is 2.38. The van der Waals surface area contributed by atoms with Gasteiger partial charge in [0.1, 0.15) is 5.56 Å². The van der Waals surface area contributed by atoms with E-state index in [1.165, 1.54) is 18.2 Å². The Morgan fingerprint density at radius 2 is 2.10 bits per heavy atom. The Morgan fingerprint density at radius 3 is 2.65 bits per heavy atom. The first-order chi connectivity index (χ1) is 9.36. The van der Waals surface area contributed by atoms with Crippen molar-refractivity contribution in [2.75, 3.05) is 6.61 Å². The zero-order valence-electron chi connectivity index (χ0n) is 10.9. The molecule has 2 N–H and O–H groups in total. The predicted octanol–water partition coefficient (Wildman–Crippen LogP) is 1.17. The Labute approximate surface area is 114 Å². The van der Waals surface area contributed by atoms with Crippen molar-refractivity contribution in [1.29, 1.82) is 5.41 Å². The zero-order chi connectivity index (χ0) is 15.3. The second-order valence-electron chi connectivity index (χ2n) is 3.83. The van der Waals surface area contributed by atoms with Gasteiger partial charge in [0.25, 0.3) is 11.6 Å². The lowest BCUT2D eigenvalue weighted by Crippen LogP contribution is -2.36. The molecule has 1 amide bonds. The Hall–Kier alpha value is -2.77. The van der Waals surface area contributed by atoms with Crippen LogP contribution in [0.4, 0.5) is 5.69 Å². The van der Waals surface area contributed by atoms with Crippen molar-refractivity contribution in [3.05, 3.63) is 39.4 Å². The number of nitrogens with zero attached hydrogens (tertiary/aromatic N) is 1. The first kappa shape index (κ1) is 15.3. The number of benzene rings is 1. The van der Waals surface area contributed by atoms with Gasteiger partial charge in [-0.1, -0.05) is 6.07 Å². The Kier molecular flexibility index (Phi) is 4.90. The van der Waals surface area contributed by atoms with Gasteiger partial charge in [-0.3, -0.25) is 20.3 Å². The Balaban J connectivity index is 2.98. The van der Waals surface area contributed by atoms with Crippen LogP contribution >= 0.6 is 0 Å². The molecular weight excluding hydrogens is 266 g/mol. The van der Waals surface area contributed by atoms with E-state index in [0.717, 1.165) is 0 Å². The number of amides is 1. The summed E-state index contributed by atoms with van der Waals surface area (Å²) in [7, 11) is 0. The average molecular weight is 279 g/mol. The van der Waals surface area contributed by atoms with E-state index in [1.54, 1.807) is 13.8 Å². The van der Waals surface area contributed by atoms with Crippen molar-refractivity contribution >= 4 is 23.4 Å². The summed E-state index contributed by atoms with van der Waals surface area (Å²) in [5.74, 6) is -2.68. The Morgan fingerprint density at radius 1 is 1.45 bits per heavy atom. The van der Waals surface area contributed by atoms with Gasteiger partial charge in [-0.25, -0.2) is 4.79 Å². The summed E-state index contributed by atoms with van der Waals surface area (Å²) in [4.78, 5) is 33.2. The van der Waals surface area contributed by atoms with Crippen LogP contribution in [0, 0.1) is 22.4 Å². The first-order valence-corrected chi connectivity index (χ1v) is 5.68. The number of amidine groups is 1. The van der Waals surface area contributed by atoms with Gasteiger partial charge in [0.15, 0.2) is 0 Å². The first-order valence-electron chi connectivity index (χ1n) is 5.68. The highest BCUT2D eigenvalue weighted by molar-refractivity contribution is 6.37. The van der Waals surface area contributed by atoms with Gasteiger partial charge in [0.05, 0.1) is 11.5 Å². The van der Waals surface area contributed by atoms with E-state index in [9.17, 15) is 19.7 Å². The minimum absolute atomic E-state index is 0.0572. The maximum absolute atomic E-state index is 11.9. The van der Waals surface area contributed by atoms with E-state index in [2.05, 4.69) is 4.74 Å². The molecule has 8 nitrogen and oxygen atoms in total. The molecule has 0 aliphatic rings. The van der Waals surface area contributed by atoms with Gasteiger partial charge in [-0.2, -0.15) is 0 Å². The molecule has 0 bridgehead atoms. The van der Waals surface area contributed by atoms with Gasteiger partial charge in [-0.05, 0) is 25.5 Å². The van der Waals surface area contributed by atoms with Crippen LogP contribution in [0.5, 0.6) is 0 Å². The lowest BCUT2D eigenvalue weighted by atomic mass is 10.1. The molecule has 8 heteroatoms. The van der Waals surface area contributed by atoms with Crippen LogP contribution < -0.4 is 5.32 Å². The molecule has 0 atom stereocenters. The fourth-order valence-electron chi connectivity index (χ4n) is 1.43. The number of nitrogens with one attached hydrogen (secondary N) is 2. The van der Waals surface area contributed by atoms with E-state index in [-0.39, 0.29) is 12.2 Å². The second-order valence-corrected chi connectivity index (χ2v) is 3.83. The van der Waals surface area contributed by atoms with Gasteiger partial charge in [0.2, 0.25) is 5.84 Å². The van der Waals surface area contributed by atoms with E-state index >= 15 is 0 Å². The van der Waals surface area contributed by atoms with Crippen LogP contribution in [0.3, 0.4) is 0 Å². The summed E-state index contributed by atoms with van der Waals surface area (Å²) in [6, 6.07) is 4.00. The number of hydrogen-bond acceptors (Lipinski definition) is 6. The number of rotatable bonds is 3. The third-order valence-electron chi connectivity index (χ3n) is 2.31. The lowest BCUT2D eigenvalue weighted by Gasteiger charge is -2.07. The van der Waals surface area contributed by atoms with Crippen molar-refractivity contribution < 1.29 is 19.2 Å². The smallest absolute Gasteiger partial charge is 0.373 e. The molecule has 0 heterocycles. The summed E-state index contributed by atoms with van der Waals surface area (Å²) >= 11 is 0. The molecule has 0 radical (unpaired) electrons. The number of nitro benzene ring substituents is 1. The maximum Gasteiger partial charge on any atom is 0.373 e. The molecule has 0 spiro atoms. The van der Waals surface area contributed by atoms with Crippen molar-refractivity contribution in [2.24, 2.45) is 0 Å². The molecule has 0 saturated carbocycles. The largest absolute Gasteiger partial charge is 0.460 e. The maximum atomic E-state index is 11.9. The molecule has 0 aromatic heterocycles. The highest BCUT2D eigenvalue weighted by atomic mass is 16.6. The standard InChI is InChI=1S/C12H13N3O5/c1-3-20-12(17)10(13)14-11(16)8-6-7(2)4-5-9(8)15(18)19/h4-6H,3H2,1-2H3,(H2,13,14,16). The fourth-order valence-corrected chi connectivity index (χ4v) is 1.43. The summed E-state index contributed by atoms with van der Waals surface area (Å²) in [6.07, 6.45) is 0. The number of carbonyl (C=O) groups excluding carboxylic acids is 2. The summed E-state index contributed by atoms with van der Waals surface area (Å²) in [5, 5.41) is 20.1. The molecule has 1 aromatic rings. The van der Waals surface area contributed by atoms with Crippen LogP contribution in [-0.2, 0) is 9.53 Å². The molecule has 0 aliphatic carbocycles. The quantitative estimate of drug-likeness (QED) is 0.283. The van der Waals surface area contributed by atoms with Crippen LogP contribution in [0.1, 0.15) is 22.8 Å². The molecule has 20 heavy (non-hydrogen) atoms. The summed E-state index contributed by atoms with van der Waals surface area (Å²) < 4.78 is 4.53. The highest BCUT2D eigenvalue weighted by Crippen LogP contribution is 2.19. The molecule has 1 rings (SSSR count). The molecule has 0 aliphatic heterocycles. The van der Waals surface area contributed by atoms with Gasteiger partial charge in [-0.15, -0.1) is 0 Å². The predicted molar refractivity (Wildman–Crippen MR) is 69.7 cm³/mol. The van der Waals surface area contributed by atoms with Crippen LogP contribution in [-0.4, -0.2) is 29.2 Å². The van der Waals surface area contributed by atoms with E-state index in [4.69, 9.17) is 5.41 Å². The Bertz CT molecular complexity index is 582. The van der Waals surface area contributed by atoms with Crippen molar-refractivity contribution in [2.45, 2.75) is 13.8 Å². The van der Waals surface area contributed by atoms with Gasteiger partial charge < -0.3 is 10.1 Å². The molecule has 1 aromatic carbocycles. The van der Waals surface area contributed by atoms with Crippen molar-refractivity contribution in [3.8, 4) is 0 Å². The fraction of sp³-hybridized carbons (Fsp3) is 0.250. The van der Waals surface area contributed by atoms with E-state index < -0.39 is 28.3 Å². The molecule has 0 unspecified atom stereocenters. The molecule has 106 valence electrons. The van der Waals surface area contributed by atoms with Gasteiger partial charge >= 0.3 is 5.97 Å². The summed E-state index contributed by atoms with van der Waals surface area (Å²) in [5.41, 5.74) is 0.0252. The zero-order valence-corrected chi connectivity index (χ0v) is 10.9. The van der Waals surface area contributed by atoms with E-state index in [1.807, 2.05) is 5.32 Å². The third-order valence-corrected chi connectivity index (χ3v) is 2.31. The minimum Gasteiger partial charge on any atom is -0.460 e. The van der Waals surface area contributed by atoms with Crippen molar-refractivity contribution in [3.63, 3.8) is 0 Å². The monoisotopic (exact) mass is 279 g/mol. The van der Waals surface area contributed by atoms with Crippen LogP contribution in [0.15, 0.2) is 18.2 Å². The van der Waals surface area contributed by atoms with Crippen LogP contribution in [0.25, 0.3) is 0 Å². The number of nitro groups is 1. The number of hydrogen-bond donors (Lipinski definition) is 2. The highest BCUT2D eigenvalue weighted by Gasteiger charge is 2.22. The van der Waals surface area contributed by atoms with Gasteiger partial charge in [0, 0.05) is 6.07 Å². The normalized spacial score (nSPS) is 9.70. The minimum atomic E-state index is -1.00. The second kappa shape index (κ2) is 6.41. The van der Waals surface area contributed by atoms with Crippen molar-refractivity contribution in [1.82, 2.24) is 5.32 Å². The topological polar surface area (TPSA) is 122 Å². The number of esters is 1. The molecular formula is C12H13N3O5. The lowest BCUT2D eigenvalue weighted by molar-refractivity contribution is -0.385. The summed E-state index contributed by atoms with van der Waals surface area (Å²) in [6.45, 7) is 3.28. The molecule has 0 fully saturated rings.